The number of benzene rings is 1. The standard InChI is InChI=1S/C11H11N3O2/c1-7(15)13-9-3-4-10-11(5-9)14(6-12-10)8(2)16/h3-6H,1-2H3,(H,13,15). The summed E-state index contributed by atoms with van der Waals surface area (Å²) in [4.78, 5) is 26.3. The molecule has 82 valence electrons. The molecule has 0 fully saturated rings. The van der Waals surface area contributed by atoms with Gasteiger partial charge in [-0.1, -0.05) is 0 Å². The summed E-state index contributed by atoms with van der Waals surface area (Å²) in [5.74, 6) is -0.254. The van der Waals surface area contributed by atoms with Gasteiger partial charge in [0.2, 0.25) is 11.8 Å². The smallest absolute Gasteiger partial charge is 0.229 e. The van der Waals surface area contributed by atoms with Crippen molar-refractivity contribution in [2.45, 2.75) is 13.8 Å². The summed E-state index contributed by atoms with van der Waals surface area (Å²) in [7, 11) is 0. The molecule has 1 aromatic carbocycles. The van der Waals surface area contributed by atoms with Crippen molar-refractivity contribution in [1.82, 2.24) is 9.55 Å². The molecular weight excluding hydrogens is 206 g/mol. The summed E-state index contributed by atoms with van der Waals surface area (Å²) in [6, 6.07) is 5.24. The first-order valence-electron chi connectivity index (χ1n) is 4.83. The Hall–Kier alpha value is -2.17. The van der Waals surface area contributed by atoms with Crippen LogP contribution in [-0.4, -0.2) is 21.4 Å². The quantitative estimate of drug-likeness (QED) is 0.790. The molecule has 0 unspecified atom stereocenters. The van der Waals surface area contributed by atoms with E-state index in [1.165, 1.54) is 24.7 Å². The van der Waals surface area contributed by atoms with Gasteiger partial charge in [0, 0.05) is 19.5 Å². The third-order valence-electron chi connectivity index (χ3n) is 2.21. The number of aromatic nitrogens is 2. The third kappa shape index (κ3) is 1.79. The summed E-state index contributed by atoms with van der Waals surface area (Å²) in [6.07, 6.45) is 1.48. The second-order valence-electron chi connectivity index (χ2n) is 3.52. The van der Waals surface area contributed by atoms with Gasteiger partial charge >= 0.3 is 0 Å². The van der Waals surface area contributed by atoms with Gasteiger partial charge in [-0.15, -0.1) is 0 Å². The molecule has 2 rings (SSSR count). The minimum atomic E-state index is -0.145. The third-order valence-corrected chi connectivity index (χ3v) is 2.21. The minimum Gasteiger partial charge on any atom is -0.326 e. The van der Waals surface area contributed by atoms with E-state index in [0.717, 1.165) is 5.52 Å². The van der Waals surface area contributed by atoms with Crippen molar-refractivity contribution >= 4 is 28.5 Å². The highest BCUT2D eigenvalue weighted by molar-refractivity contribution is 5.94. The molecular formula is C11H11N3O2. The van der Waals surface area contributed by atoms with Crippen LogP contribution < -0.4 is 5.32 Å². The first-order valence-corrected chi connectivity index (χ1v) is 4.83. The number of hydrogen-bond donors (Lipinski definition) is 1. The maximum absolute atomic E-state index is 11.3. The van der Waals surface area contributed by atoms with Gasteiger partial charge in [-0.05, 0) is 18.2 Å². The fourth-order valence-corrected chi connectivity index (χ4v) is 1.54. The Morgan fingerprint density at radius 3 is 2.69 bits per heavy atom. The van der Waals surface area contributed by atoms with E-state index in [9.17, 15) is 9.59 Å². The SMILES string of the molecule is CC(=O)Nc1ccc2ncn(C(C)=O)c2c1. The zero-order valence-corrected chi connectivity index (χ0v) is 9.02. The Labute approximate surface area is 92.1 Å². The van der Waals surface area contributed by atoms with Crippen molar-refractivity contribution in [2.24, 2.45) is 0 Å². The number of carbonyl (C=O) groups is 2. The first-order chi connectivity index (χ1) is 7.58. The van der Waals surface area contributed by atoms with E-state index in [4.69, 9.17) is 0 Å². The number of hydrogen-bond acceptors (Lipinski definition) is 3. The zero-order valence-electron chi connectivity index (χ0n) is 9.02. The normalized spacial score (nSPS) is 10.4. The van der Waals surface area contributed by atoms with Crippen LogP contribution in [0.15, 0.2) is 24.5 Å². The Morgan fingerprint density at radius 1 is 1.31 bits per heavy atom. The molecule has 1 heterocycles. The van der Waals surface area contributed by atoms with Crippen molar-refractivity contribution < 1.29 is 9.59 Å². The molecule has 0 saturated carbocycles. The van der Waals surface area contributed by atoms with Crippen LogP contribution in [0.4, 0.5) is 5.69 Å². The Kier molecular flexibility index (Phi) is 2.44. The molecule has 5 heteroatoms. The fourth-order valence-electron chi connectivity index (χ4n) is 1.54. The molecule has 0 aliphatic heterocycles. The minimum absolute atomic E-state index is 0.109. The van der Waals surface area contributed by atoms with Gasteiger partial charge in [-0.25, -0.2) is 4.98 Å². The molecule has 0 aliphatic carbocycles. The van der Waals surface area contributed by atoms with E-state index in [1.54, 1.807) is 18.2 Å². The molecule has 16 heavy (non-hydrogen) atoms. The van der Waals surface area contributed by atoms with E-state index in [1.807, 2.05) is 0 Å². The number of imidazole rings is 1. The summed E-state index contributed by atoms with van der Waals surface area (Å²) in [6.45, 7) is 2.90. The monoisotopic (exact) mass is 217 g/mol. The fraction of sp³-hybridized carbons (Fsp3) is 0.182. The second-order valence-corrected chi connectivity index (χ2v) is 3.52. The molecule has 0 atom stereocenters. The second kappa shape index (κ2) is 3.77. The highest BCUT2D eigenvalue weighted by Gasteiger charge is 2.06. The van der Waals surface area contributed by atoms with Gasteiger partial charge in [-0.2, -0.15) is 0 Å². The molecule has 1 N–H and O–H groups in total. The van der Waals surface area contributed by atoms with E-state index >= 15 is 0 Å². The molecule has 0 aliphatic rings. The molecule has 0 bridgehead atoms. The number of amides is 1. The lowest BCUT2D eigenvalue weighted by Crippen LogP contribution is -2.06. The van der Waals surface area contributed by atoms with Crippen LogP contribution in [0.25, 0.3) is 11.0 Å². The molecule has 0 spiro atoms. The van der Waals surface area contributed by atoms with Crippen molar-refractivity contribution in [1.29, 1.82) is 0 Å². The average Bonchev–Trinajstić information content (AvgIpc) is 2.59. The van der Waals surface area contributed by atoms with Crippen molar-refractivity contribution in [2.75, 3.05) is 5.32 Å². The van der Waals surface area contributed by atoms with E-state index in [2.05, 4.69) is 10.3 Å². The van der Waals surface area contributed by atoms with Gasteiger partial charge in [-0.3, -0.25) is 14.2 Å². The number of nitrogens with one attached hydrogen (secondary N) is 1. The number of fused-ring (bicyclic) bond motifs is 1. The highest BCUT2D eigenvalue weighted by atomic mass is 16.2. The van der Waals surface area contributed by atoms with Crippen LogP contribution >= 0.6 is 0 Å². The maximum Gasteiger partial charge on any atom is 0.229 e. The predicted molar refractivity (Wildman–Crippen MR) is 60.3 cm³/mol. The molecule has 1 amide bonds. The van der Waals surface area contributed by atoms with Crippen LogP contribution in [0, 0.1) is 0 Å². The first kappa shape index (κ1) is 10.4. The average molecular weight is 217 g/mol. The van der Waals surface area contributed by atoms with E-state index in [0.29, 0.717) is 11.2 Å². The van der Waals surface area contributed by atoms with Crippen LogP contribution in [0.1, 0.15) is 18.6 Å². The van der Waals surface area contributed by atoms with Gasteiger partial charge in [0.1, 0.15) is 6.33 Å². The van der Waals surface area contributed by atoms with Gasteiger partial charge in [0.05, 0.1) is 11.0 Å². The van der Waals surface area contributed by atoms with Crippen molar-refractivity contribution in [3.8, 4) is 0 Å². The molecule has 2 aromatic rings. The van der Waals surface area contributed by atoms with Crippen LogP contribution in [0.5, 0.6) is 0 Å². The Bertz CT molecular complexity index is 572. The predicted octanol–water partition coefficient (Wildman–Crippen LogP) is 1.65. The number of anilines is 1. The zero-order chi connectivity index (χ0) is 11.7. The molecule has 0 radical (unpaired) electrons. The summed E-state index contributed by atoms with van der Waals surface area (Å²) in [5.41, 5.74) is 2.08. The number of rotatable bonds is 1. The van der Waals surface area contributed by atoms with E-state index in [-0.39, 0.29) is 11.8 Å². The van der Waals surface area contributed by atoms with Crippen molar-refractivity contribution in [3.05, 3.63) is 24.5 Å². The number of nitrogens with zero attached hydrogens (tertiary/aromatic N) is 2. The Balaban J connectivity index is 2.54. The summed E-state index contributed by atoms with van der Waals surface area (Å²) >= 11 is 0. The lowest BCUT2D eigenvalue weighted by atomic mass is 10.2. The largest absolute Gasteiger partial charge is 0.326 e. The topological polar surface area (TPSA) is 64.0 Å². The van der Waals surface area contributed by atoms with Crippen LogP contribution in [-0.2, 0) is 4.79 Å². The highest BCUT2D eigenvalue weighted by Crippen LogP contribution is 2.18. The Morgan fingerprint density at radius 2 is 2.06 bits per heavy atom. The van der Waals surface area contributed by atoms with Crippen LogP contribution in [0.2, 0.25) is 0 Å². The summed E-state index contributed by atoms with van der Waals surface area (Å²) < 4.78 is 1.45. The molecule has 1 aromatic heterocycles. The maximum atomic E-state index is 11.3. The molecule has 0 saturated heterocycles. The van der Waals surface area contributed by atoms with Gasteiger partial charge < -0.3 is 5.32 Å². The summed E-state index contributed by atoms with van der Waals surface area (Å²) in [5, 5.41) is 2.66. The number of carbonyl (C=O) groups excluding carboxylic acids is 2. The van der Waals surface area contributed by atoms with Crippen LogP contribution in [0.3, 0.4) is 0 Å². The van der Waals surface area contributed by atoms with Crippen molar-refractivity contribution in [3.63, 3.8) is 0 Å². The lowest BCUT2D eigenvalue weighted by molar-refractivity contribution is -0.114. The lowest BCUT2D eigenvalue weighted by Gasteiger charge is -2.03. The molecule has 5 nitrogen and oxygen atoms in total. The van der Waals surface area contributed by atoms with E-state index < -0.39 is 0 Å². The van der Waals surface area contributed by atoms with Gasteiger partial charge in [0.25, 0.3) is 0 Å². The van der Waals surface area contributed by atoms with Gasteiger partial charge in [0.15, 0.2) is 0 Å².